The molecule has 5 rings (SSSR count). The minimum Gasteiger partial charge on any atom is -0.487 e. The number of hydrogen-bond acceptors (Lipinski definition) is 4. The van der Waals surface area contributed by atoms with Crippen molar-refractivity contribution in [2.45, 2.75) is 82.5 Å². The van der Waals surface area contributed by atoms with Crippen molar-refractivity contribution >= 4 is 10.0 Å². The molecule has 162 valence electrons. The Kier molecular flexibility index (Phi) is 5.97. The van der Waals surface area contributed by atoms with Crippen LogP contribution in [0.5, 0.6) is 5.75 Å². The summed E-state index contributed by atoms with van der Waals surface area (Å²) in [5, 5.41) is 0. The van der Waals surface area contributed by atoms with E-state index in [0.717, 1.165) is 50.7 Å². The molecule has 2 heterocycles. The molecule has 2 fully saturated rings. The van der Waals surface area contributed by atoms with Crippen LogP contribution in [0.15, 0.2) is 24.3 Å². The van der Waals surface area contributed by atoms with Crippen LogP contribution in [0.2, 0.25) is 0 Å². The molecule has 1 aromatic rings. The second-order valence-electron chi connectivity index (χ2n) is 9.75. The highest BCUT2D eigenvalue weighted by Gasteiger charge is 2.45. The fourth-order valence-corrected chi connectivity index (χ4v) is 6.68. The molecule has 1 unspecified atom stereocenters. The highest BCUT2D eigenvalue weighted by molar-refractivity contribution is 7.88. The lowest BCUT2D eigenvalue weighted by Crippen LogP contribution is -2.54. The Morgan fingerprint density at radius 2 is 1.76 bits per heavy atom. The van der Waals surface area contributed by atoms with Crippen molar-refractivity contribution in [1.82, 2.24) is 4.72 Å². The summed E-state index contributed by atoms with van der Waals surface area (Å²) in [4.78, 5) is 0. The second-order valence-corrected chi connectivity index (χ2v) is 11.5. The molecule has 5 nitrogen and oxygen atoms in total. The SMILES string of the molecule is CC1(C)Oc2ccccc2[C@H]2CC[C@H](CC2)OC[C@@H]2C1CCC[C@@H]2NS(C)(=O)=O. The van der Waals surface area contributed by atoms with Gasteiger partial charge in [-0.15, -0.1) is 0 Å². The highest BCUT2D eigenvalue weighted by Crippen LogP contribution is 2.45. The highest BCUT2D eigenvalue weighted by atomic mass is 32.2. The Hall–Kier alpha value is -1.11. The topological polar surface area (TPSA) is 64.6 Å². The molecule has 0 amide bonds. The molecule has 2 bridgehead atoms. The van der Waals surface area contributed by atoms with Gasteiger partial charge in [0.1, 0.15) is 11.4 Å². The van der Waals surface area contributed by atoms with Crippen molar-refractivity contribution in [1.29, 1.82) is 0 Å². The van der Waals surface area contributed by atoms with Gasteiger partial charge in [0.05, 0.1) is 19.0 Å². The smallest absolute Gasteiger partial charge is 0.208 e. The van der Waals surface area contributed by atoms with Gasteiger partial charge in [0.2, 0.25) is 10.0 Å². The predicted octanol–water partition coefficient (Wildman–Crippen LogP) is 4.23. The molecule has 1 aromatic carbocycles. The average Bonchev–Trinajstić information content (AvgIpc) is 2.65. The summed E-state index contributed by atoms with van der Waals surface area (Å²) in [5.41, 5.74) is 0.915. The molecule has 6 heteroatoms. The maximum atomic E-state index is 12.0. The van der Waals surface area contributed by atoms with E-state index in [2.05, 4.69) is 42.8 Å². The lowest BCUT2D eigenvalue weighted by atomic mass is 9.69. The average molecular weight is 422 g/mol. The Morgan fingerprint density at radius 1 is 1.03 bits per heavy atom. The van der Waals surface area contributed by atoms with E-state index in [0.29, 0.717) is 12.5 Å². The summed E-state index contributed by atoms with van der Waals surface area (Å²) in [6.45, 7) is 4.92. The minimum absolute atomic E-state index is 0.0962. The van der Waals surface area contributed by atoms with E-state index in [1.54, 1.807) is 0 Å². The summed E-state index contributed by atoms with van der Waals surface area (Å²) >= 11 is 0. The van der Waals surface area contributed by atoms with Gasteiger partial charge in [0.25, 0.3) is 0 Å². The fraction of sp³-hybridized carbons (Fsp3) is 0.739. The molecule has 29 heavy (non-hydrogen) atoms. The normalized spacial score (nSPS) is 34.8. The van der Waals surface area contributed by atoms with Crippen molar-refractivity contribution < 1.29 is 17.9 Å². The first-order valence-electron chi connectivity index (χ1n) is 11.1. The Balaban J connectivity index is 1.70. The summed E-state index contributed by atoms with van der Waals surface area (Å²) in [5.74, 6) is 1.86. The van der Waals surface area contributed by atoms with Crippen LogP contribution in [0.1, 0.15) is 70.3 Å². The van der Waals surface area contributed by atoms with Crippen LogP contribution >= 0.6 is 0 Å². The fourth-order valence-electron chi connectivity index (χ4n) is 5.84. The van der Waals surface area contributed by atoms with Crippen LogP contribution in [0, 0.1) is 11.8 Å². The van der Waals surface area contributed by atoms with Crippen molar-refractivity contribution in [2.75, 3.05) is 12.9 Å². The molecule has 0 saturated heterocycles. The van der Waals surface area contributed by atoms with Gasteiger partial charge in [0.15, 0.2) is 0 Å². The van der Waals surface area contributed by atoms with Gasteiger partial charge >= 0.3 is 0 Å². The van der Waals surface area contributed by atoms with Crippen molar-refractivity contribution in [3.8, 4) is 5.75 Å². The second kappa shape index (κ2) is 8.20. The number of benzene rings is 1. The Bertz CT molecular complexity index is 814. The zero-order valence-corrected chi connectivity index (χ0v) is 18.7. The molecule has 3 atom stereocenters. The lowest BCUT2D eigenvalue weighted by molar-refractivity contribution is -0.0706. The summed E-state index contributed by atoms with van der Waals surface area (Å²) in [7, 11) is -3.27. The van der Waals surface area contributed by atoms with Crippen molar-refractivity contribution in [2.24, 2.45) is 11.8 Å². The number of sulfonamides is 1. The first-order chi connectivity index (χ1) is 13.7. The van der Waals surface area contributed by atoms with E-state index >= 15 is 0 Å². The third kappa shape index (κ3) is 4.80. The lowest BCUT2D eigenvalue weighted by Gasteiger charge is -2.47. The molecule has 0 spiro atoms. The maximum Gasteiger partial charge on any atom is 0.208 e. The third-order valence-corrected chi connectivity index (χ3v) is 7.98. The molecule has 2 aliphatic heterocycles. The van der Waals surface area contributed by atoms with E-state index in [1.165, 1.54) is 11.8 Å². The van der Waals surface area contributed by atoms with Crippen molar-refractivity contribution in [3.63, 3.8) is 0 Å². The van der Waals surface area contributed by atoms with Gasteiger partial charge in [-0.3, -0.25) is 0 Å². The number of hydrogen-bond donors (Lipinski definition) is 1. The first kappa shape index (κ1) is 21.1. The van der Waals surface area contributed by atoms with Crippen LogP contribution in [0.25, 0.3) is 0 Å². The van der Waals surface area contributed by atoms with E-state index in [1.807, 2.05) is 0 Å². The first-order valence-corrected chi connectivity index (χ1v) is 13.0. The molecule has 2 saturated carbocycles. The zero-order valence-electron chi connectivity index (χ0n) is 17.9. The van der Waals surface area contributed by atoms with Crippen LogP contribution in [-0.2, 0) is 14.8 Å². The number of ether oxygens (including phenoxy) is 2. The van der Waals surface area contributed by atoms with Crippen LogP contribution in [0.4, 0.5) is 0 Å². The minimum atomic E-state index is -3.27. The number of nitrogens with one attached hydrogen (secondary N) is 1. The van der Waals surface area contributed by atoms with Gasteiger partial charge in [-0.1, -0.05) is 24.6 Å². The largest absolute Gasteiger partial charge is 0.487 e. The third-order valence-electron chi connectivity index (χ3n) is 7.25. The maximum absolute atomic E-state index is 12.0. The molecule has 0 aromatic heterocycles. The predicted molar refractivity (Wildman–Crippen MR) is 115 cm³/mol. The van der Waals surface area contributed by atoms with Gasteiger partial charge < -0.3 is 9.47 Å². The van der Waals surface area contributed by atoms with E-state index < -0.39 is 15.6 Å². The van der Waals surface area contributed by atoms with Crippen molar-refractivity contribution in [3.05, 3.63) is 29.8 Å². The number of para-hydroxylation sites is 1. The molecule has 2 aliphatic carbocycles. The summed E-state index contributed by atoms with van der Waals surface area (Å²) < 4.78 is 40.1. The number of fused-ring (bicyclic) bond motifs is 4. The van der Waals surface area contributed by atoms with E-state index in [9.17, 15) is 8.42 Å². The number of rotatable bonds is 2. The quantitative estimate of drug-likeness (QED) is 0.776. The van der Waals surface area contributed by atoms with Gasteiger partial charge in [-0.05, 0) is 69.9 Å². The standard InChI is InChI=1S/C23H35NO4S/c1-23(2)20-8-6-9-21(24-29(3,25)26)19(20)15-27-17-13-11-16(12-14-17)18-7-4-5-10-22(18)28-23/h4-5,7,10,16-17,19-21,24H,6,8-9,11-15H2,1-3H3/t16-,17+,19-,20?,21+/m1/s1. The van der Waals surface area contributed by atoms with Crippen LogP contribution < -0.4 is 9.46 Å². The van der Waals surface area contributed by atoms with Gasteiger partial charge in [0, 0.05) is 17.9 Å². The van der Waals surface area contributed by atoms with E-state index in [-0.39, 0.29) is 24.0 Å². The molecule has 1 N–H and O–H groups in total. The van der Waals surface area contributed by atoms with Crippen LogP contribution in [0.3, 0.4) is 0 Å². The molecule has 0 radical (unpaired) electrons. The Labute approximate surface area is 175 Å². The monoisotopic (exact) mass is 421 g/mol. The zero-order chi connectivity index (χ0) is 20.6. The Morgan fingerprint density at radius 3 is 2.48 bits per heavy atom. The summed E-state index contributed by atoms with van der Waals surface area (Å²) in [6, 6.07) is 8.40. The molecular formula is C23H35NO4S. The molecule has 4 aliphatic rings. The van der Waals surface area contributed by atoms with Gasteiger partial charge in [-0.2, -0.15) is 0 Å². The van der Waals surface area contributed by atoms with Crippen LogP contribution in [-0.4, -0.2) is 39.0 Å². The van der Waals surface area contributed by atoms with Gasteiger partial charge in [-0.25, -0.2) is 13.1 Å². The molecular weight excluding hydrogens is 386 g/mol. The summed E-state index contributed by atoms with van der Waals surface area (Å²) in [6.07, 6.45) is 8.77. The van der Waals surface area contributed by atoms with E-state index in [4.69, 9.17) is 9.47 Å².